The van der Waals surface area contributed by atoms with E-state index in [1.807, 2.05) is 91.1 Å². The van der Waals surface area contributed by atoms with E-state index in [2.05, 4.69) is 0 Å². The molecule has 1 saturated heterocycles. The van der Waals surface area contributed by atoms with Crippen molar-refractivity contribution in [3.63, 3.8) is 0 Å². The number of thioether (sulfide) groups is 1. The Labute approximate surface area is 235 Å². The van der Waals surface area contributed by atoms with Crippen LogP contribution in [0.1, 0.15) is 11.1 Å². The van der Waals surface area contributed by atoms with Gasteiger partial charge in [-0.3, -0.25) is 14.2 Å². The lowest BCUT2D eigenvalue weighted by atomic mass is 10.1. The molecule has 11 heteroatoms. The van der Waals surface area contributed by atoms with Gasteiger partial charge in [0.25, 0.3) is 16.0 Å². The number of nitrogens with zero attached hydrogens (tertiary/aromatic N) is 3. The van der Waals surface area contributed by atoms with Crippen molar-refractivity contribution in [2.45, 2.75) is 6.61 Å². The zero-order valence-electron chi connectivity index (χ0n) is 20.5. The van der Waals surface area contributed by atoms with Crippen LogP contribution in [0.25, 0.3) is 23.0 Å². The lowest BCUT2D eigenvalue weighted by molar-refractivity contribution is -0.121. The van der Waals surface area contributed by atoms with Gasteiger partial charge in [0, 0.05) is 23.9 Å². The minimum absolute atomic E-state index is 0.224. The lowest BCUT2D eigenvalue weighted by Gasteiger charge is -2.12. The molecule has 0 radical (unpaired) electrons. The zero-order chi connectivity index (χ0) is 27.4. The van der Waals surface area contributed by atoms with Gasteiger partial charge in [-0.05, 0) is 35.9 Å². The number of benzene rings is 3. The Morgan fingerprint density at radius 1 is 1.00 bits per heavy atom. The summed E-state index contributed by atoms with van der Waals surface area (Å²) in [5.74, 6) is -0.347. The van der Waals surface area contributed by atoms with Crippen LogP contribution < -0.4 is 4.74 Å². The quantitative estimate of drug-likeness (QED) is 0.164. The maximum Gasteiger partial charge on any atom is 0.266 e. The van der Waals surface area contributed by atoms with Crippen LogP contribution in [-0.4, -0.2) is 50.2 Å². The van der Waals surface area contributed by atoms with Crippen LogP contribution in [-0.2, 0) is 21.5 Å². The molecule has 8 nitrogen and oxygen atoms in total. The first kappa shape index (κ1) is 26.8. The molecule has 0 aliphatic carbocycles. The highest BCUT2D eigenvalue weighted by molar-refractivity contribution is 8.26. The summed E-state index contributed by atoms with van der Waals surface area (Å²) in [6.07, 6.45) is 3.53. The van der Waals surface area contributed by atoms with Gasteiger partial charge >= 0.3 is 0 Å². The van der Waals surface area contributed by atoms with Gasteiger partial charge in [-0.15, -0.1) is 0 Å². The number of carbonyl (C=O) groups excluding carboxylic acids is 1. The molecule has 1 amide bonds. The van der Waals surface area contributed by atoms with E-state index in [1.165, 1.54) is 4.90 Å². The Hall–Kier alpha value is -3.77. The molecule has 0 bridgehead atoms. The van der Waals surface area contributed by atoms with E-state index in [0.717, 1.165) is 28.6 Å². The van der Waals surface area contributed by atoms with Crippen LogP contribution in [0.4, 0.5) is 0 Å². The zero-order valence-corrected chi connectivity index (χ0v) is 23.0. The standard InChI is InChI=1S/C28H23N3O5S3/c32-27-25(38-28(37)30(27)14-15-39(33,34)35)17-22-18-31(23-11-5-2-6-12-23)29-26(22)21-10-7-13-24(16-21)36-19-20-8-3-1-4-9-20/h1-13,16-18H,14-15,19H2,(H,33,34,35)/b25-17-. The molecular formula is C28H23N3O5S3. The first-order chi connectivity index (χ1) is 18.8. The highest BCUT2D eigenvalue weighted by atomic mass is 32.2. The highest BCUT2D eigenvalue weighted by Crippen LogP contribution is 2.35. The van der Waals surface area contributed by atoms with Crippen LogP contribution in [0.15, 0.2) is 96.0 Å². The Kier molecular flexibility index (Phi) is 7.94. The second kappa shape index (κ2) is 11.5. The average molecular weight is 578 g/mol. The summed E-state index contributed by atoms with van der Waals surface area (Å²) in [7, 11) is -4.24. The molecule has 0 saturated carbocycles. The van der Waals surface area contributed by atoms with Gasteiger partial charge in [-0.25, -0.2) is 4.68 Å². The molecule has 1 fully saturated rings. The molecule has 1 aliphatic heterocycles. The second-order valence-electron chi connectivity index (χ2n) is 8.63. The van der Waals surface area contributed by atoms with Crippen molar-refractivity contribution in [3.05, 3.63) is 107 Å². The van der Waals surface area contributed by atoms with Crippen LogP contribution in [0, 0.1) is 0 Å². The van der Waals surface area contributed by atoms with E-state index in [9.17, 15) is 13.2 Å². The van der Waals surface area contributed by atoms with Crippen molar-refractivity contribution in [2.24, 2.45) is 0 Å². The summed E-state index contributed by atoms with van der Waals surface area (Å²) in [6.45, 7) is 0.194. The first-order valence-electron chi connectivity index (χ1n) is 11.9. The maximum absolute atomic E-state index is 13.1. The Morgan fingerprint density at radius 3 is 2.44 bits per heavy atom. The summed E-state index contributed by atoms with van der Waals surface area (Å²) >= 11 is 6.38. The number of rotatable bonds is 9. The number of aromatic nitrogens is 2. The minimum Gasteiger partial charge on any atom is -0.489 e. The van der Waals surface area contributed by atoms with Crippen molar-refractivity contribution < 1.29 is 22.5 Å². The average Bonchev–Trinajstić information content (AvgIpc) is 3.47. The van der Waals surface area contributed by atoms with Crippen molar-refractivity contribution >= 4 is 50.4 Å². The molecule has 2 heterocycles. The van der Waals surface area contributed by atoms with Gasteiger partial charge in [0.2, 0.25) is 0 Å². The molecule has 3 aromatic carbocycles. The summed E-state index contributed by atoms with van der Waals surface area (Å²) in [6, 6.07) is 27.0. The molecule has 0 unspecified atom stereocenters. The summed E-state index contributed by atoms with van der Waals surface area (Å²) in [5.41, 5.74) is 3.99. The number of thiocarbonyl (C=S) groups is 1. The minimum atomic E-state index is -4.24. The Balaban J connectivity index is 1.48. The van der Waals surface area contributed by atoms with Crippen molar-refractivity contribution in [3.8, 4) is 22.7 Å². The predicted molar refractivity (Wildman–Crippen MR) is 156 cm³/mol. The van der Waals surface area contributed by atoms with Gasteiger partial charge in [0.1, 0.15) is 22.4 Å². The van der Waals surface area contributed by atoms with Crippen molar-refractivity contribution in [1.29, 1.82) is 0 Å². The third-order valence-electron chi connectivity index (χ3n) is 5.85. The van der Waals surface area contributed by atoms with E-state index in [-0.39, 0.29) is 10.9 Å². The van der Waals surface area contributed by atoms with Gasteiger partial charge in [-0.2, -0.15) is 13.5 Å². The van der Waals surface area contributed by atoms with Gasteiger partial charge in [0.05, 0.1) is 16.3 Å². The molecule has 198 valence electrons. The molecule has 0 spiro atoms. The number of para-hydroxylation sites is 1. The van der Waals surface area contributed by atoms with Crippen molar-refractivity contribution in [2.75, 3.05) is 12.3 Å². The normalized spacial score (nSPS) is 14.8. The fourth-order valence-electron chi connectivity index (χ4n) is 3.94. The summed E-state index contributed by atoms with van der Waals surface area (Å²) < 4.78 is 39.5. The number of carbonyl (C=O) groups is 1. The molecule has 5 rings (SSSR count). The SMILES string of the molecule is O=C1/C(=C/c2cn(-c3ccccc3)nc2-c2cccc(OCc3ccccc3)c2)SC(=S)N1CCS(=O)(=O)O. The van der Waals surface area contributed by atoms with Crippen LogP contribution in [0.3, 0.4) is 0 Å². The van der Waals surface area contributed by atoms with E-state index < -0.39 is 21.8 Å². The fourth-order valence-corrected chi connectivity index (χ4v) is 5.66. The Bertz CT molecular complexity index is 1650. The summed E-state index contributed by atoms with van der Waals surface area (Å²) in [5, 5.41) is 4.82. The molecule has 0 atom stereocenters. The topological polar surface area (TPSA) is 102 Å². The fraction of sp³-hybridized carbons (Fsp3) is 0.107. The van der Waals surface area contributed by atoms with Gasteiger partial charge in [0.15, 0.2) is 0 Å². The van der Waals surface area contributed by atoms with E-state index >= 15 is 0 Å². The number of amides is 1. The van der Waals surface area contributed by atoms with Crippen LogP contribution in [0.2, 0.25) is 0 Å². The molecule has 39 heavy (non-hydrogen) atoms. The molecule has 1 aromatic heterocycles. The molecule has 4 aromatic rings. The van der Waals surface area contributed by atoms with Crippen molar-refractivity contribution in [1.82, 2.24) is 14.7 Å². The third kappa shape index (κ3) is 6.63. The summed E-state index contributed by atoms with van der Waals surface area (Å²) in [4.78, 5) is 14.6. The third-order valence-corrected chi connectivity index (χ3v) is 7.93. The smallest absolute Gasteiger partial charge is 0.266 e. The molecule has 1 N–H and O–H groups in total. The van der Waals surface area contributed by atoms with E-state index in [0.29, 0.717) is 28.5 Å². The van der Waals surface area contributed by atoms with Crippen LogP contribution >= 0.6 is 24.0 Å². The number of hydrogen-bond donors (Lipinski definition) is 1. The van der Waals surface area contributed by atoms with E-state index in [4.69, 9.17) is 26.6 Å². The molecular weight excluding hydrogens is 555 g/mol. The largest absolute Gasteiger partial charge is 0.489 e. The highest BCUT2D eigenvalue weighted by Gasteiger charge is 2.33. The number of hydrogen-bond acceptors (Lipinski definition) is 7. The van der Waals surface area contributed by atoms with Gasteiger partial charge < -0.3 is 4.74 Å². The predicted octanol–water partition coefficient (Wildman–Crippen LogP) is 5.21. The lowest BCUT2D eigenvalue weighted by Crippen LogP contribution is -2.32. The number of ether oxygens (including phenoxy) is 1. The molecule has 1 aliphatic rings. The Morgan fingerprint density at radius 2 is 1.72 bits per heavy atom. The van der Waals surface area contributed by atoms with Gasteiger partial charge in [-0.1, -0.05) is 84.6 Å². The van der Waals surface area contributed by atoms with Crippen LogP contribution in [0.5, 0.6) is 5.75 Å². The second-order valence-corrected chi connectivity index (χ2v) is 11.9. The first-order valence-corrected chi connectivity index (χ1v) is 14.7. The maximum atomic E-state index is 13.1. The monoisotopic (exact) mass is 577 g/mol. The van der Waals surface area contributed by atoms with E-state index in [1.54, 1.807) is 10.8 Å².